The van der Waals surface area contributed by atoms with Crippen LogP contribution in [0.1, 0.15) is 13.3 Å². The fourth-order valence-electron chi connectivity index (χ4n) is 2.78. The topological polar surface area (TPSA) is 76.0 Å². The second-order valence-corrected chi connectivity index (χ2v) is 4.47. The van der Waals surface area contributed by atoms with Gasteiger partial charge in [-0.3, -0.25) is 0 Å². The molecule has 2 N–H and O–H groups in total. The van der Waals surface area contributed by atoms with Crippen molar-refractivity contribution in [3.63, 3.8) is 0 Å². The van der Waals surface area contributed by atoms with Crippen molar-refractivity contribution in [1.82, 2.24) is 0 Å². The van der Waals surface area contributed by atoms with E-state index >= 15 is 0 Å². The Morgan fingerprint density at radius 1 is 1.56 bits per heavy atom. The first-order valence-corrected chi connectivity index (χ1v) is 5.36. The molecule has 0 spiro atoms. The Labute approximate surface area is 93.7 Å². The number of aliphatic hydroxyl groups is 2. The highest BCUT2D eigenvalue weighted by molar-refractivity contribution is 5.89. The van der Waals surface area contributed by atoms with Crippen molar-refractivity contribution in [3.8, 4) is 0 Å². The van der Waals surface area contributed by atoms with E-state index in [4.69, 9.17) is 4.74 Å². The summed E-state index contributed by atoms with van der Waals surface area (Å²) in [6.45, 7) is 1.93. The van der Waals surface area contributed by atoms with Crippen molar-refractivity contribution in [2.75, 3.05) is 7.11 Å². The standard InChI is InChI=1S/C11H16O5/c1-5-3-7(12)9-6(10(13)15-2)4-16-11(14)8(5)9/h4-5,7-9,11-12,14H,3H2,1-2H3. The van der Waals surface area contributed by atoms with Gasteiger partial charge in [0, 0.05) is 11.8 Å². The van der Waals surface area contributed by atoms with Crippen LogP contribution in [0.15, 0.2) is 11.8 Å². The van der Waals surface area contributed by atoms with Crippen molar-refractivity contribution in [2.24, 2.45) is 17.8 Å². The normalized spacial score (nSPS) is 42.0. The van der Waals surface area contributed by atoms with Gasteiger partial charge in [0.15, 0.2) is 6.29 Å². The number of hydrogen-bond acceptors (Lipinski definition) is 5. The highest BCUT2D eigenvalue weighted by atomic mass is 16.6. The second kappa shape index (κ2) is 4.07. The SMILES string of the molecule is COC(=O)C1=COC(O)C2C(C)CC(O)C12. The highest BCUT2D eigenvalue weighted by Crippen LogP contribution is 2.45. The minimum absolute atomic E-state index is 0.114. The summed E-state index contributed by atoms with van der Waals surface area (Å²) in [5.74, 6) is -1.02. The summed E-state index contributed by atoms with van der Waals surface area (Å²) in [5, 5.41) is 19.6. The van der Waals surface area contributed by atoms with Gasteiger partial charge in [-0.15, -0.1) is 0 Å². The largest absolute Gasteiger partial charge is 0.472 e. The fraction of sp³-hybridized carbons (Fsp3) is 0.727. The Morgan fingerprint density at radius 3 is 2.88 bits per heavy atom. The minimum atomic E-state index is -0.953. The molecule has 1 fully saturated rings. The predicted octanol–water partition coefficient (Wildman–Crippen LogP) is 0.0250. The van der Waals surface area contributed by atoms with E-state index in [1.165, 1.54) is 13.4 Å². The number of methoxy groups -OCH3 is 1. The molecule has 0 aromatic heterocycles. The Kier molecular flexibility index (Phi) is 2.90. The summed E-state index contributed by atoms with van der Waals surface area (Å²) in [7, 11) is 1.29. The van der Waals surface area contributed by atoms with Crippen molar-refractivity contribution < 1.29 is 24.5 Å². The summed E-state index contributed by atoms with van der Waals surface area (Å²) in [6, 6.07) is 0. The lowest BCUT2D eigenvalue weighted by Crippen LogP contribution is -2.38. The molecule has 16 heavy (non-hydrogen) atoms. The molecule has 90 valence electrons. The van der Waals surface area contributed by atoms with Crippen LogP contribution in [0.5, 0.6) is 0 Å². The van der Waals surface area contributed by atoms with Crippen molar-refractivity contribution in [2.45, 2.75) is 25.7 Å². The number of hydrogen-bond donors (Lipinski definition) is 2. The predicted molar refractivity (Wildman–Crippen MR) is 54.0 cm³/mol. The van der Waals surface area contributed by atoms with Crippen LogP contribution in [0.4, 0.5) is 0 Å². The van der Waals surface area contributed by atoms with E-state index in [9.17, 15) is 15.0 Å². The molecular weight excluding hydrogens is 212 g/mol. The molecule has 2 rings (SSSR count). The molecular formula is C11H16O5. The van der Waals surface area contributed by atoms with Crippen molar-refractivity contribution >= 4 is 5.97 Å². The monoisotopic (exact) mass is 228 g/mol. The van der Waals surface area contributed by atoms with E-state index in [2.05, 4.69) is 4.74 Å². The zero-order valence-electron chi connectivity index (χ0n) is 9.29. The molecule has 5 nitrogen and oxygen atoms in total. The van der Waals surface area contributed by atoms with Crippen LogP contribution in [-0.4, -0.2) is 35.7 Å². The molecule has 0 aromatic carbocycles. The zero-order chi connectivity index (χ0) is 11.9. The van der Waals surface area contributed by atoms with Gasteiger partial charge in [-0.2, -0.15) is 0 Å². The summed E-state index contributed by atoms with van der Waals surface area (Å²) < 4.78 is 9.66. The number of rotatable bonds is 1. The minimum Gasteiger partial charge on any atom is -0.472 e. The molecule has 1 saturated carbocycles. The Bertz CT molecular complexity index is 324. The van der Waals surface area contributed by atoms with Gasteiger partial charge in [0.25, 0.3) is 0 Å². The molecule has 0 saturated heterocycles. The van der Waals surface area contributed by atoms with E-state index in [0.717, 1.165) is 0 Å². The number of esters is 1. The average Bonchev–Trinajstić information content (AvgIpc) is 2.55. The summed E-state index contributed by atoms with van der Waals surface area (Å²) >= 11 is 0. The van der Waals surface area contributed by atoms with Crippen LogP contribution in [0, 0.1) is 17.8 Å². The lowest BCUT2D eigenvalue weighted by atomic mass is 9.83. The molecule has 0 bridgehead atoms. The molecule has 1 aliphatic heterocycles. The smallest absolute Gasteiger partial charge is 0.337 e. The van der Waals surface area contributed by atoms with Crippen molar-refractivity contribution in [1.29, 1.82) is 0 Å². The third-order valence-electron chi connectivity index (χ3n) is 3.54. The van der Waals surface area contributed by atoms with E-state index in [-0.39, 0.29) is 17.8 Å². The van der Waals surface area contributed by atoms with Gasteiger partial charge in [0.1, 0.15) is 0 Å². The first-order chi connectivity index (χ1) is 7.56. The maximum Gasteiger partial charge on any atom is 0.337 e. The maximum atomic E-state index is 11.5. The van der Waals surface area contributed by atoms with Gasteiger partial charge in [-0.1, -0.05) is 6.92 Å². The summed E-state index contributed by atoms with van der Waals surface area (Å²) in [4.78, 5) is 11.5. The molecule has 0 aromatic rings. The molecule has 0 radical (unpaired) electrons. The Morgan fingerprint density at radius 2 is 2.25 bits per heavy atom. The average molecular weight is 228 g/mol. The first-order valence-electron chi connectivity index (χ1n) is 5.36. The molecule has 1 aliphatic carbocycles. The molecule has 0 amide bonds. The van der Waals surface area contributed by atoms with Gasteiger partial charge in [-0.05, 0) is 12.3 Å². The third-order valence-corrected chi connectivity index (χ3v) is 3.54. The van der Waals surface area contributed by atoms with Crippen LogP contribution >= 0.6 is 0 Å². The summed E-state index contributed by atoms with van der Waals surface area (Å²) in [6.07, 6.45) is 0.192. The number of aliphatic hydroxyl groups excluding tert-OH is 2. The van der Waals surface area contributed by atoms with Crippen LogP contribution < -0.4 is 0 Å². The first kappa shape index (κ1) is 11.4. The van der Waals surface area contributed by atoms with Gasteiger partial charge >= 0.3 is 5.97 Å². The Balaban J connectivity index is 2.31. The number of fused-ring (bicyclic) bond motifs is 1. The molecule has 5 atom stereocenters. The van der Waals surface area contributed by atoms with Gasteiger partial charge in [-0.25, -0.2) is 4.79 Å². The van der Waals surface area contributed by atoms with E-state index in [1.54, 1.807) is 0 Å². The van der Waals surface area contributed by atoms with Crippen molar-refractivity contribution in [3.05, 3.63) is 11.8 Å². The molecule has 5 heteroatoms. The lowest BCUT2D eigenvalue weighted by Gasteiger charge is -2.32. The van der Waals surface area contributed by atoms with E-state index < -0.39 is 18.4 Å². The van der Waals surface area contributed by atoms with E-state index in [1.807, 2.05) is 6.92 Å². The van der Waals surface area contributed by atoms with Crippen LogP contribution in [0.2, 0.25) is 0 Å². The van der Waals surface area contributed by atoms with Gasteiger partial charge in [0.2, 0.25) is 0 Å². The van der Waals surface area contributed by atoms with Gasteiger partial charge in [0.05, 0.1) is 25.0 Å². The molecule has 5 unspecified atom stereocenters. The van der Waals surface area contributed by atoms with Gasteiger partial charge < -0.3 is 19.7 Å². The van der Waals surface area contributed by atoms with Crippen LogP contribution in [0.3, 0.4) is 0 Å². The fourth-order valence-corrected chi connectivity index (χ4v) is 2.78. The quantitative estimate of drug-likeness (QED) is 0.619. The lowest BCUT2D eigenvalue weighted by molar-refractivity contribution is -0.147. The van der Waals surface area contributed by atoms with E-state index in [0.29, 0.717) is 12.0 Å². The third kappa shape index (κ3) is 1.60. The molecule has 1 heterocycles. The number of ether oxygens (including phenoxy) is 2. The maximum absolute atomic E-state index is 11.5. The number of carbonyl (C=O) groups is 1. The van der Waals surface area contributed by atoms with Crippen LogP contribution in [-0.2, 0) is 14.3 Å². The molecule has 2 aliphatic rings. The van der Waals surface area contributed by atoms with Crippen LogP contribution in [0.25, 0.3) is 0 Å². The second-order valence-electron chi connectivity index (χ2n) is 4.47. The highest BCUT2D eigenvalue weighted by Gasteiger charge is 2.50. The summed E-state index contributed by atoms with van der Waals surface area (Å²) in [5.41, 5.74) is 0.314. The Hall–Kier alpha value is -1.07. The zero-order valence-corrected chi connectivity index (χ0v) is 9.29. The number of carbonyl (C=O) groups excluding carboxylic acids is 1.